The molecule has 186 valence electrons. The molecule has 2 aliphatic rings. The van der Waals surface area contributed by atoms with Gasteiger partial charge in [-0.15, -0.1) is 0 Å². The Hall–Kier alpha value is -2.45. The van der Waals surface area contributed by atoms with Crippen molar-refractivity contribution in [1.29, 1.82) is 0 Å². The number of hydrogen-bond donors (Lipinski definition) is 2. The van der Waals surface area contributed by atoms with E-state index in [2.05, 4.69) is 22.0 Å². The van der Waals surface area contributed by atoms with Crippen LogP contribution < -0.4 is 11.1 Å². The molecule has 1 aliphatic carbocycles. The Labute approximate surface area is 202 Å². The number of piperidine rings is 1. The van der Waals surface area contributed by atoms with Crippen LogP contribution in [0.5, 0.6) is 0 Å². The number of aromatic nitrogens is 2. The SMILES string of the molecule is COCCCn1c([C@@H]2CCCN(C(=O)C[C@H](N)CNC(=O)C3CCCC3)C2)nc2ccccc21. The second-order valence-corrected chi connectivity index (χ2v) is 9.83. The summed E-state index contributed by atoms with van der Waals surface area (Å²) in [6.07, 6.45) is 7.31. The Balaban J connectivity index is 1.36. The molecule has 1 saturated carbocycles. The largest absolute Gasteiger partial charge is 0.385 e. The predicted molar refractivity (Wildman–Crippen MR) is 132 cm³/mol. The minimum absolute atomic E-state index is 0.0642. The number of ether oxygens (including phenoxy) is 1. The molecule has 2 atom stereocenters. The lowest BCUT2D eigenvalue weighted by Gasteiger charge is -2.33. The Morgan fingerprint density at radius 3 is 2.79 bits per heavy atom. The summed E-state index contributed by atoms with van der Waals surface area (Å²) in [5.41, 5.74) is 8.36. The topological polar surface area (TPSA) is 102 Å². The first kappa shape index (κ1) is 24.7. The summed E-state index contributed by atoms with van der Waals surface area (Å²) in [5.74, 6) is 1.53. The molecule has 8 heteroatoms. The van der Waals surface area contributed by atoms with Gasteiger partial charge in [-0.25, -0.2) is 4.98 Å². The second-order valence-electron chi connectivity index (χ2n) is 9.83. The summed E-state index contributed by atoms with van der Waals surface area (Å²) in [5, 5.41) is 2.96. The molecule has 1 aromatic heterocycles. The molecule has 1 aromatic carbocycles. The smallest absolute Gasteiger partial charge is 0.224 e. The van der Waals surface area contributed by atoms with Gasteiger partial charge >= 0.3 is 0 Å². The van der Waals surface area contributed by atoms with Gasteiger partial charge in [0.1, 0.15) is 5.82 Å². The highest BCUT2D eigenvalue weighted by Gasteiger charge is 2.29. The summed E-state index contributed by atoms with van der Waals surface area (Å²) in [7, 11) is 1.72. The van der Waals surface area contributed by atoms with Crippen LogP contribution in [0.1, 0.15) is 63.1 Å². The molecule has 2 aromatic rings. The number of aryl methyl sites for hydroxylation is 1. The second kappa shape index (κ2) is 11.8. The molecule has 0 bridgehead atoms. The first-order valence-corrected chi connectivity index (χ1v) is 12.8. The average molecular weight is 470 g/mol. The molecule has 2 fully saturated rings. The molecule has 8 nitrogen and oxygen atoms in total. The Morgan fingerprint density at radius 1 is 1.21 bits per heavy atom. The molecule has 4 rings (SSSR count). The molecule has 1 aliphatic heterocycles. The molecule has 3 N–H and O–H groups in total. The molecule has 1 saturated heterocycles. The molecule has 0 unspecified atom stereocenters. The van der Waals surface area contributed by atoms with Crippen LogP contribution >= 0.6 is 0 Å². The predicted octanol–water partition coefficient (Wildman–Crippen LogP) is 2.80. The van der Waals surface area contributed by atoms with E-state index in [0.717, 1.165) is 74.9 Å². The number of nitrogens with one attached hydrogen (secondary N) is 1. The van der Waals surface area contributed by atoms with Crippen molar-refractivity contribution in [3.05, 3.63) is 30.1 Å². The molecule has 2 heterocycles. The summed E-state index contributed by atoms with van der Waals surface area (Å²) in [4.78, 5) is 32.2. The van der Waals surface area contributed by atoms with Crippen molar-refractivity contribution < 1.29 is 14.3 Å². The average Bonchev–Trinajstić information content (AvgIpc) is 3.52. The van der Waals surface area contributed by atoms with E-state index in [-0.39, 0.29) is 36.1 Å². The number of carbonyl (C=O) groups is 2. The maximum absolute atomic E-state index is 13.0. The first-order valence-electron chi connectivity index (χ1n) is 12.8. The Morgan fingerprint density at radius 2 is 2.00 bits per heavy atom. The summed E-state index contributed by atoms with van der Waals surface area (Å²) in [6.45, 7) is 3.32. The number of nitrogens with two attached hydrogens (primary N) is 1. The van der Waals surface area contributed by atoms with Crippen LogP contribution in [0.4, 0.5) is 0 Å². The highest BCUT2D eigenvalue weighted by atomic mass is 16.5. The van der Waals surface area contributed by atoms with Crippen LogP contribution in [0, 0.1) is 5.92 Å². The van der Waals surface area contributed by atoms with Crippen LogP contribution in [0.3, 0.4) is 0 Å². The van der Waals surface area contributed by atoms with E-state index in [1.54, 1.807) is 7.11 Å². The lowest BCUT2D eigenvalue weighted by Crippen LogP contribution is -2.45. The van der Waals surface area contributed by atoms with Crippen LogP contribution in [0.25, 0.3) is 11.0 Å². The fourth-order valence-electron chi connectivity index (χ4n) is 5.41. The van der Waals surface area contributed by atoms with Crippen LogP contribution in [0.15, 0.2) is 24.3 Å². The molecular formula is C26H39N5O3. The minimum Gasteiger partial charge on any atom is -0.385 e. The molecule has 34 heavy (non-hydrogen) atoms. The number of amides is 2. The highest BCUT2D eigenvalue weighted by Crippen LogP contribution is 2.30. The van der Waals surface area contributed by atoms with Crippen molar-refractivity contribution in [2.24, 2.45) is 11.7 Å². The fourth-order valence-corrected chi connectivity index (χ4v) is 5.41. The third-order valence-corrected chi connectivity index (χ3v) is 7.25. The van der Waals surface area contributed by atoms with Gasteiger partial charge in [-0.1, -0.05) is 25.0 Å². The van der Waals surface area contributed by atoms with Gasteiger partial charge < -0.3 is 25.3 Å². The molecule has 0 radical (unpaired) electrons. The van der Waals surface area contributed by atoms with Crippen molar-refractivity contribution in [2.45, 2.75) is 69.9 Å². The van der Waals surface area contributed by atoms with E-state index >= 15 is 0 Å². The van der Waals surface area contributed by atoms with Crippen LogP contribution in [0.2, 0.25) is 0 Å². The number of para-hydroxylation sites is 2. The van der Waals surface area contributed by atoms with E-state index in [1.165, 1.54) is 0 Å². The zero-order valence-electron chi connectivity index (χ0n) is 20.4. The number of carbonyl (C=O) groups excluding carboxylic acids is 2. The number of benzene rings is 1. The van der Waals surface area contributed by atoms with E-state index in [9.17, 15) is 9.59 Å². The third kappa shape index (κ3) is 5.96. The van der Waals surface area contributed by atoms with Gasteiger partial charge in [0.15, 0.2) is 0 Å². The van der Waals surface area contributed by atoms with Gasteiger partial charge in [-0.2, -0.15) is 0 Å². The number of hydrogen-bond acceptors (Lipinski definition) is 5. The van der Waals surface area contributed by atoms with Gasteiger partial charge in [-0.3, -0.25) is 9.59 Å². The minimum atomic E-state index is -0.364. The normalized spacial score (nSPS) is 20.1. The number of imidazole rings is 1. The van der Waals surface area contributed by atoms with Crippen molar-refractivity contribution in [1.82, 2.24) is 19.8 Å². The lowest BCUT2D eigenvalue weighted by atomic mass is 9.96. The van der Waals surface area contributed by atoms with Gasteiger partial charge in [-0.05, 0) is 44.2 Å². The third-order valence-electron chi connectivity index (χ3n) is 7.25. The van der Waals surface area contributed by atoms with Gasteiger partial charge in [0.05, 0.1) is 11.0 Å². The standard InChI is InChI=1S/C26H39N5O3/c1-34-15-7-14-31-23-12-5-4-11-22(23)29-25(31)20-10-6-13-30(18-20)24(32)16-21(27)17-28-26(33)19-8-2-3-9-19/h4-5,11-12,19-21H,2-3,6-10,13-18,27H2,1H3,(H,28,33)/t20-,21+/m1/s1. The van der Waals surface area contributed by atoms with Gasteiger partial charge in [0, 0.05) is 64.2 Å². The highest BCUT2D eigenvalue weighted by molar-refractivity contribution is 5.80. The van der Waals surface area contributed by atoms with Crippen molar-refractivity contribution in [2.75, 3.05) is 33.4 Å². The van der Waals surface area contributed by atoms with Crippen molar-refractivity contribution >= 4 is 22.8 Å². The number of likely N-dealkylation sites (tertiary alicyclic amines) is 1. The summed E-state index contributed by atoms with van der Waals surface area (Å²) < 4.78 is 7.56. The van der Waals surface area contributed by atoms with Crippen LogP contribution in [-0.4, -0.2) is 65.7 Å². The summed E-state index contributed by atoms with van der Waals surface area (Å²) >= 11 is 0. The van der Waals surface area contributed by atoms with Crippen molar-refractivity contribution in [3.63, 3.8) is 0 Å². The zero-order chi connectivity index (χ0) is 23.9. The van der Waals surface area contributed by atoms with E-state index < -0.39 is 0 Å². The monoisotopic (exact) mass is 469 g/mol. The number of fused-ring (bicyclic) bond motifs is 1. The first-order chi connectivity index (χ1) is 16.6. The fraction of sp³-hybridized carbons (Fsp3) is 0.654. The van der Waals surface area contributed by atoms with Crippen molar-refractivity contribution in [3.8, 4) is 0 Å². The number of rotatable bonds is 10. The van der Waals surface area contributed by atoms with Gasteiger partial charge in [0.2, 0.25) is 11.8 Å². The van der Waals surface area contributed by atoms with E-state index in [1.807, 2.05) is 17.0 Å². The number of methoxy groups -OCH3 is 1. The van der Waals surface area contributed by atoms with Gasteiger partial charge in [0.25, 0.3) is 0 Å². The Bertz CT molecular complexity index is 968. The van der Waals surface area contributed by atoms with Crippen LogP contribution in [-0.2, 0) is 20.9 Å². The maximum atomic E-state index is 13.0. The zero-order valence-corrected chi connectivity index (χ0v) is 20.4. The summed E-state index contributed by atoms with van der Waals surface area (Å²) in [6, 6.07) is 7.86. The lowest BCUT2D eigenvalue weighted by molar-refractivity contribution is -0.133. The molecule has 0 spiro atoms. The Kier molecular flexibility index (Phi) is 8.56. The maximum Gasteiger partial charge on any atom is 0.224 e. The molecular weight excluding hydrogens is 430 g/mol. The molecule has 2 amide bonds. The quantitative estimate of drug-likeness (QED) is 0.521. The van der Waals surface area contributed by atoms with E-state index in [0.29, 0.717) is 19.7 Å². The van der Waals surface area contributed by atoms with E-state index in [4.69, 9.17) is 15.5 Å². The number of nitrogens with zero attached hydrogens (tertiary/aromatic N) is 3.